The van der Waals surface area contributed by atoms with E-state index in [1.165, 1.54) is 51.6 Å². The summed E-state index contributed by atoms with van der Waals surface area (Å²) in [5, 5.41) is 0. The number of ether oxygens (including phenoxy) is 1. The summed E-state index contributed by atoms with van der Waals surface area (Å²) in [5.74, 6) is 0. The third-order valence-corrected chi connectivity index (χ3v) is 4.09. The SMILES string of the molecule is CC(C)N1CCCOCC2=C(CCCCC2)C1. The molecule has 0 spiro atoms. The van der Waals surface area contributed by atoms with E-state index in [0.29, 0.717) is 6.04 Å². The smallest absolute Gasteiger partial charge is 0.0679 e. The van der Waals surface area contributed by atoms with E-state index >= 15 is 0 Å². The van der Waals surface area contributed by atoms with Gasteiger partial charge in [-0.1, -0.05) is 12.0 Å². The van der Waals surface area contributed by atoms with Crippen molar-refractivity contribution in [1.82, 2.24) is 4.90 Å². The van der Waals surface area contributed by atoms with Crippen LogP contribution in [0.25, 0.3) is 0 Å². The van der Waals surface area contributed by atoms with E-state index in [9.17, 15) is 0 Å². The predicted octanol–water partition coefficient (Wildman–Crippen LogP) is 3.38. The Bertz CT molecular complexity index is 270. The van der Waals surface area contributed by atoms with E-state index in [4.69, 9.17) is 4.74 Å². The van der Waals surface area contributed by atoms with Gasteiger partial charge in [0.15, 0.2) is 0 Å². The van der Waals surface area contributed by atoms with Crippen LogP contribution >= 0.6 is 0 Å². The van der Waals surface area contributed by atoms with Crippen molar-refractivity contribution in [3.05, 3.63) is 11.1 Å². The topological polar surface area (TPSA) is 12.5 Å². The van der Waals surface area contributed by atoms with Crippen LogP contribution in [0.1, 0.15) is 52.4 Å². The molecule has 2 nitrogen and oxygen atoms in total. The molecule has 0 aromatic rings. The summed E-state index contributed by atoms with van der Waals surface area (Å²) in [7, 11) is 0. The van der Waals surface area contributed by atoms with Crippen molar-refractivity contribution in [3.63, 3.8) is 0 Å². The van der Waals surface area contributed by atoms with Crippen molar-refractivity contribution in [1.29, 1.82) is 0 Å². The maximum Gasteiger partial charge on any atom is 0.0679 e. The normalized spacial score (nSPS) is 24.9. The van der Waals surface area contributed by atoms with Crippen LogP contribution in [-0.4, -0.2) is 37.2 Å². The lowest BCUT2D eigenvalue weighted by Crippen LogP contribution is -2.34. The van der Waals surface area contributed by atoms with Gasteiger partial charge < -0.3 is 4.74 Å². The minimum atomic E-state index is 0.658. The second-order valence-electron chi connectivity index (χ2n) is 5.74. The first-order valence-electron chi connectivity index (χ1n) is 7.29. The molecule has 1 aliphatic carbocycles. The number of hydrogen-bond donors (Lipinski definition) is 0. The molecule has 2 heteroatoms. The Morgan fingerprint density at radius 3 is 2.53 bits per heavy atom. The third kappa shape index (κ3) is 3.82. The summed E-state index contributed by atoms with van der Waals surface area (Å²) in [6, 6.07) is 0.658. The van der Waals surface area contributed by atoms with E-state index in [0.717, 1.165) is 13.2 Å². The fourth-order valence-corrected chi connectivity index (χ4v) is 2.90. The molecule has 1 aliphatic heterocycles. The number of rotatable bonds is 1. The quantitative estimate of drug-likeness (QED) is 0.648. The van der Waals surface area contributed by atoms with Crippen LogP contribution in [0.2, 0.25) is 0 Å². The first-order valence-corrected chi connectivity index (χ1v) is 7.29. The summed E-state index contributed by atoms with van der Waals surface area (Å²) < 4.78 is 5.82. The molecular formula is C15H27NO. The zero-order chi connectivity index (χ0) is 12.1. The maximum absolute atomic E-state index is 5.82. The summed E-state index contributed by atoms with van der Waals surface area (Å²) >= 11 is 0. The van der Waals surface area contributed by atoms with Crippen LogP contribution in [-0.2, 0) is 4.74 Å². The number of nitrogens with zero attached hydrogens (tertiary/aromatic N) is 1. The molecule has 1 heterocycles. The fourth-order valence-electron chi connectivity index (χ4n) is 2.90. The molecule has 0 saturated carbocycles. The minimum absolute atomic E-state index is 0.658. The summed E-state index contributed by atoms with van der Waals surface area (Å²) in [6.07, 6.45) is 7.91. The van der Waals surface area contributed by atoms with Gasteiger partial charge in [0.2, 0.25) is 0 Å². The molecule has 17 heavy (non-hydrogen) atoms. The van der Waals surface area contributed by atoms with Crippen molar-refractivity contribution < 1.29 is 4.74 Å². The van der Waals surface area contributed by atoms with Gasteiger partial charge in [-0.15, -0.1) is 0 Å². The van der Waals surface area contributed by atoms with E-state index in [1.54, 1.807) is 11.1 Å². The van der Waals surface area contributed by atoms with Gasteiger partial charge in [-0.05, 0) is 51.5 Å². The van der Waals surface area contributed by atoms with Crippen LogP contribution in [0, 0.1) is 0 Å². The lowest BCUT2D eigenvalue weighted by molar-refractivity contribution is 0.139. The highest BCUT2D eigenvalue weighted by Crippen LogP contribution is 2.26. The molecular weight excluding hydrogens is 210 g/mol. The monoisotopic (exact) mass is 237 g/mol. The molecule has 0 atom stereocenters. The van der Waals surface area contributed by atoms with Crippen molar-refractivity contribution >= 4 is 0 Å². The maximum atomic E-state index is 5.82. The second-order valence-corrected chi connectivity index (χ2v) is 5.74. The standard InChI is InChI=1S/C15H27NO/c1-13(2)16-9-6-10-17-12-15-8-5-3-4-7-14(15)11-16/h13H,3-12H2,1-2H3. The predicted molar refractivity (Wildman–Crippen MR) is 72.3 cm³/mol. The Morgan fingerprint density at radius 1 is 1.00 bits per heavy atom. The van der Waals surface area contributed by atoms with Gasteiger partial charge in [0.05, 0.1) is 6.61 Å². The lowest BCUT2D eigenvalue weighted by atomic mass is 10.0. The highest BCUT2D eigenvalue weighted by Gasteiger charge is 2.18. The zero-order valence-electron chi connectivity index (χ0n) is 11.5. The van der Waals surface area contributed by atoms with Gasteiger partial charge in [-0.25, -0.2) is 0 Å². The Labute approximate surface area is 106 Å². The Morgan fingerprint density at radius 2 is 1.76 bits per heavy atom. The average Bonchev–Trinajstić information content (AvgIpc) is 2.46. The van der Waals surface area contributed by atoms with E-state index in [-0.39, 0.29) is 0 Å². The highest BCUT2D eigenvalue weighted by atomic mass is 16.5. The van der Waals surface area contributed by atoms with Gasteiger partial charge in [0.1, 0.15) is 0 Å². The van der Waals surface area contributed by atoms with Crippen molar-refractivity contribution in [3.8, 4) is 0 Å². The molecule has 2 aliphatic rings. The molecule has 0 amide bonds. The van der Waals surface area contributed by atoms with E-state index in [1.807, 2.05) is 0 Å². The molecule has 0 aromatic carbocycles. The first-order chi connectivity index (χ1) is 8.27. The number of hydrogen-bond acceptors (Lipinski definition) is 2. The Hall–Kier alpha value is -0.340. The molecule has 0 saturated heterocycles. The van der Waals surface area contributed by atoms with Crippen LogP contribution in [0.3, 0.4) is 0 Å². The summed E-state index contributed by atoms with van der Waals surface area (Å²) in [6.45, 7) is 8.84. The van der Waals surface area contributed by atoms with Gasteiger partial charge in [0.25, 0.3) is 0 Å². The van der Waals surface area contributed by atoms with Crippen molar-refractivity contribution in [2.24, 2.45) is 0 Å². The molecule has 0 fully saturated rings. The molecule has 98 valence electrons. The van der Waals surface area contributed by atoms with E-state index < -0.39 is 0 Å². The summed E-state index contributed by atoms with van der Waals surface area (Å²) in [4.78, 5) is 2.62. The van der Waals surface area contributed by atoms with E-state index in [2.05, 4.69) is 18.7 Å². The molecule has 0 radical (unpaired) electrons. The van der Waals surface area contributed by atoms with Crippen LogP contribution in [0.4, 0.5) is 0 Å². The largest absolute Gasteiger partial charge is 0.377 e. The summed E-state index contributed by atoms with van der Waals surface area (Å²) in [5.41, 5.74) is 3.31. The molecule has 0 bridgehead atoms. The van der Waals surface area contributed by atoms with Gasteiger partial charge in [0, 0.05) is 25.7 Å². The molecule has 0 N–H and O–H groups in total. The lowest BCUT2D eigenvalue weighted by Gasteiger charge is -2.27. The van der Waals surface area contributed by atoms with Gasteiger partial charge >= 0.3 is 0 Å². The van der Waals surface area contributed by atoms with Gasteiger partial charge in [-0.2, -0.15) is 0 Å². The average molecular weight is 237 g/mol. The minimum Gasteiger partial charge on any atom is -0.377 e. The Kier molecular flexibility index (Phi) is 5.05. The molecule has 0 aromatic heterocycles. The Balaban J connectivity index is 2.11. The second kappa shape index (κ2) is 6.55. The van der Waals surface area contributed by atoms with Crippen LogP contribution in [0.5, 0.6) is 0 Å². The zero-order valence-corrected chi connectivity index (χ0v) is 11.5. The highest BCUT2D eigenvalue weighted by molar-refractivity contribution is 5.18. The van der Waals surface area contributed by atoms with Crippen LogP contribution in [0.15, 0.2) is 11.1 Å². The molecule has 0 unspecified atom stereocenters. The van der Waals surface area contributed by atoms with Gasteiger partial charge in [-0.3, -0.25) is 4.90 Å². The van der Waals surface area contributed by atoms with Crippen molar-refractivity contribution in [2.45, 2.75) is 58.4 Å². The third-order valence-electron chi connectivity index (χ3n) is 4.09. The fraction of sp³-hybridized carbons (Fsp3) is 0.867. The van der Waals surface area contributed by atoms with Crippen molar-refractivity contribution in [2.75, 3.05) is 26.3 Å². The molecule has 2 rings (SSSR count). The van der Waals surface area contributed by atoms with Crippen LogP contribution < -0.4 is 0 Å². The first kappa shape index (κ1) is 13.1.